The first-order valence-corrected chi connectivity index (χ1v) is 12.2. The molecule has 176 valence electrons. The number of amides is 3. The predicted octanol–water partition coefficient (Wildman–Crippen LogP) is 4.45. The molecule has 3 aromatic rings. The molecule has 0 saturated heterocycles. The molecule has 34 heavy (non-hydrogen) atoms. The number of para-hydroxylation sites is 1. The molecule has 0 spiro atoms. The molecular formula is C26H26FN3O3S. The Bertz CT molecular complexity index is 1130. The van der Waals surface area contributed by atoms with Gasteiger partial charge in [0.25, 0.3) is 5.91 Å². The van der Waals surface area contributed by atoms with Gasteiger partial charge < -0.3 is 10.6 Å². The Labute approximate surface area is 201 Å². The zero-order chi connectivity index (χ0) is 23.9. The van der Waals surface area contributed by atoms with Gasteiger partial charge in [0.1, 0.15) is 11.9 Å². The van der Waals surface area contributed by atoms with Crippen molar-refractivity contribution in [3.8, 4) is 0 Å². The highest BCUT2D eigenvalue weighted by Crippen LogP contribution is 2.31. The zero-order valence-corrected chi connectivity index (χ0v) is 19.4. The van der Waals surface area contributed by atoms with Crippen LogP contribution in [0.5, 0.6) is 0 Å². The molecule has 3 amide bonds. The minimum atomic E-state index is -1.09. The summed E-state index contributed by atoms with van der Waals surface area (Å²) in [7, 11) is 0. The average molecular weight is 480 g/mol. The van der Waals surface area contributed by atoms with Crippen LogP contribution < -0.4 is 15.5 Å². The number of thiophene rings is 1. The van der Waals surface area contributed by atoms with Crippen molar-refractivity contribution in [3.63, 3.8) is 0 Å². The zero-order valence-electron chi connectivity index (χ0n) is 18.6. The first kappa shape index (κ1) is 23.6. The van der Waals surface area contributed by atoms with Gasteiger partial charge in [0.15, 0.2) is 0 Å². The summed E-state index contributed by atoms with van der Waals surface area (Å²) in [5.74, 6) is -2.00. The highest BCUT2D eigenvalue weighted by Gasteiger charge is 2.35. The smallest absolute Gasteiger partial charge is 0.261 e. The topological polar surface area (TPSA) is 78.5 Å². The average Bonchev–Trinajstić information content (AvgIpc) is 3.56. The number of halogens is 1. The van der Waals surface area contributed by atoms with Crippen molar-refractivity contribution in [3.05, 3.63) is 88.4 Å². The standard InChI is InChI=1S/C26H26FN3O3S/c27-20-13-6-7-14-21(20)30(23(31)17-28-25(32)22-15-8-16-34-22)24(18-9-2-1-3-10-18)26(33)29-19-11-4-5-12-19/h1-3,6-10,13-16,19,24H,4-5,11-12,17H2,(H,28,32)(H,29,33). The quantitative estimate of drug-likeness (QED) is 0.501. The summed E-state index contributed by atoms with van der Waals surface area (Å²) >= 11 is 1.25. The van der Waals surface area contributed by atoms with Crippen molar-refractivity contribution in [2.24, 2.45) is 0 Å². The minimum Gasteiger partial charge on any atom is -0.351 e. The maximum Gasteiger partial charge on any atom is 0.261 e. The number of benzene rings is 2. The fourth-order valence-corrected chi connectivity index (χ4v) is 4.84. The Morgan fingerprint density at radius 3 is 2.35 bits per heavy atom. The number of nitrogens with one attached hydrogen (secondary N) is 2. The number of nitrogens with zero attached hydrogens (tertiary/aromatic N) is 1. The fraction of sp³-hybridized carbons (Fsp3) is 0.269. The number of carbonyl (C=O) groups is 3. The summed E-state index contributed by atoms with van der Waals surface area (Å²) in [6.45, 7) is -0.384. The lowest BCUT2D eigenvalue weighted by atomic mass is 10.0. The molecule has 4 rings (SSSR count). The number of anilines is 1. The molecule has 1 unspecified atom stereocenters. The van der Waals surface area contributed by atoms with E-state index in [1.807, 2.05) is 6.07 Å². The van der Waals surface area contributed by atoms with E-state index in [1.54, 1.807) is 47.8 Å². The second-order valence-corrected chi connectivity index (χ2v) is 9.13. The molecule has 6 nitrogen and oxygen atoms in total. The Morgan fingerprint density at radius 2 is 1.68 bits per heavy atom. The Balaban J connectivity index is 1.67. The number of rotatable bonds is 8. The van der Waals surface area contributed by atoms with E-state index in [-0.39, 0.29) is 24.2 Å². The van der Waals surface area contributed by atoms with Crippen molar-refractivity contribution >= 4 is 34.7 Å². The van der Waals surface area contributed by atoms with E-state index >= 15 is 0 Å². The van der Waals surface area contributed by atoms with E-state index in [0.29, 0.717) is 10.4 Å². The third kappa shape index (κ3) is 5.51. The molecule has 2 N–H and O–H groups in total. The van der Waals surface area contributed by atoms with Crippen molar-refractivity contribution in [2.45, 2.75) is 37.8 Å². The van der Waals surface area contributed by atoms with Gasteiger partial charge in [-0.3, -0.25) is 19.3 Å². The summed E-state index contributed by atoms with van der Waals surface area (Å²) in [4.78, 5) is 41.1. The van der Waals surface area contributed by atoms with E-state index in [9.17, 15) is 18.8 Å². The van der Waals surface area contributed by atoms with Crippen LogP contribution in [-0.2, 0) is 9.59 Å². The van der Waals surface area contributed by atoms with Crippen LogP contribution in [0, 0.1) is 5.82 Å². The molecule has 1 fully saturated rings. The summed E-state index contributed by atoms with van der Waals surface area (Å²) in [6, 6.07) is 17.0. The van der Waals surface area contributed by atoms with Gasteiger partial charge in [0, 0.05) is 6.04 Å². The molecule has 0 radical (unpaired) electrons. The highest BCUT2D eigenvalue weighted by molar-refractivity contribution is 7.12. The van der Waals surface area contributed by atoms with Gasteiger partial charge in [-0.2, -0.15) is 0 Å². The van der Waals surface area contributed by atoms with Crippen molar-refractivity contribution in [2.75, 3.05) is 11.4 Å². The van der Waals surface area contributed by atoms with Crippen LogP contribution in [0.3, 0.4) is 0 Å². The molecule has 8 heteroatoms. The first-order valence-electron chi connectivity index (χ1n) is 11.3. The van der Waals surface area contributed by atoms with Crippen LogP contribution in [0.4, 0.5) is 10.1 Å². The van der Waals surface area contributed by atoms with Gasteiger partial charge in [0.2, 0.25) is 11.8 Å². The molecule has 1 aliphatic carbocycles. The maximum absolute atomic E-state index is 15.0. The monoisotopic (exact) mass is 479 g/mol. The highest BCUT2D eigenvalue weighted by atomic mass is 32.1. The lowest BCUT2D eigenvalue weighted by molar-refractivity contribution is -0.126. The maximum atomic E-state index is 15.0. The van der Waals surface area contributed by atoms with E-state index in [0.717, 1.165) is 30.6 Å². The van der Waals surface area contributed by atoms with Gasteiger partial charge in [-0.1, -0.05) is 61.4 Å². The second-order valence-electron chi connectivity index (χ2n) is 8.18. The summed E-state index contributed by atoms with van der Waals surface area (Å²) in [6.07, 6.45) is 3.81. The predicted molar refractivity (Wildman–Crippen MR) is 130 cm³/mol. The molecular weight excluding hydrogens is 453 g/mol. The van der Waals surface area contributed by atoms with E-state index < -0.39 is 23.7 Å². The number of hydrogen-bond acceptors (Lipinski definition) is 4. The largest absolute Gasteiger partial charge is 0.351 e. The van der Waals surface area contributed by atoms with E-state index in [2.05, 4.69) is 10.6 Å². The third-order valence-corrected chi connectivity index (χ3v) is 6.72. The first-order chi connectivity index (χ1) is 16.5. The van der Waals surface area contributed by atoms with Crippen LogP contribution in [0.2, 0.25) is 0 Å². The third-order valence-electron chi connectivity index (χ3n) is 5.85. The lowest BCUT2D eigenvalue weighted by Gasteiger charge is -2.32. The van der Waals surface area contributed by atoms with E-state index in [1.165, 1.54) is 29.5 Å². The van der Waals surface area contributed by atoms with Gasteiger partial charge in [-0.05, 0) is 42.0 Å². The summed E-state index contributed by atoms with van der Waals surface area (Å²) in [5, 5.41) is 7.41. The molecule has 1 aromatic heterocycles. The van der Waals surface area contributed by atoms with Crippen LogP contribution in [0.1, 0.15) is 47.0 Å². The molecule has 1 saturated carbocycles. The Kier molecular flexibility index (Phi) is 7.69. The van der Waals surface area contributed by atoms with Crippen LogP contribution in [0.15, 0.2) is 72.1 Å². The number of hydrogen-bond donors (Lipinski definition) is 2. The Hall–Kier alpha value is -3.52. The SMILES string of the molecule is O=C(NCC(=O)N(c1ccccc1F)C(C(=O)NC1CCCC1)c1ccccc1)c1cccs1. The van der Waals surface area contributed by atoms with Gasteiger partial charge in [-0.25, -0.2) is 4.39 Å². The lowest BCUT2D eigenvalue weighted by Crippen LogP contribution is -2.49. The minimum absolute atomic E-state index is 0.0201. The van der Waals surface area contributed by atoms with Crippen LogP contribution >= 0.6 is 11.3 Å². The van der Waals surface area contributed by atoms with Gasteiger partial charge in [-0.15, -0.1) is 11.3 Å². The van der Waals surface area contributed by atoms with Crippen molar-refractivity contribution < 1.29 is 18.8 Å². The van der Waals surface area contributed by atoms with Crippen molar-refractivity contribution in [1.82, 2.24) is 10.6 Å². The normalized spacial score (nSPS) is 14.4. The van der Waals surface area contributed by atoms with E-state index in [4.69, 9.17) is 0 Å². The molecule has 1 atom stereocenters. The molecule has 1 aliphatic rings. The van der Waals surface area contributed by atoms with Crippen LogP contribution in [0.25, 0.3) is 0 Å². The summed E-state index contributed by atoms with van der Waals surface area (Å²) in [5.41, 5.74) is 0.535. The van der Waals surface area contributed by atoms with Gasteiger partial charge in [0.05, 0.1) is 17.1 Å². The Morgan fingerprint density at radius 1 is 0.971 bits per heavy atom. The molecule has 1 heterocycles. The van der Waals surface area contributed by atoms with Crippen LogP contribution in [-0.4, -0.2) is 30.3 Å². The number of carbonyl (C=O) groups excluding carboxylic acids is 3. The van der Waals surface area contributed by atoms with Crippen molar-refractivity contribution in [1.29, 1.82) is 0 Å². The molecule has 2 aromatic carbocycles. The molecule has 0 aliphatic heterocycles. The molecule has 0 bridgehead atoms. The van der Waals surface area contributed by atoms with Gasteiger partial charge >= 0.3 is 0 Å². The fourth-order valence-electron chi connectivity index (χ4n) is 4.20. The second kappa shape index (κ2) is 11.1. The summed E-state index contributed by atoms with van der Waals surface area (Å²) < 4.78 is 15.0.